The van der Waals surface area contributed by atoms with Crippen LogP contribution in [0.15, 0.2) is 18.3 Å². The van der Waals surface area contributed by atoms with E-state index in [1.165, 1.54) is 13.1 Å². The lowest BCUT2D eigenvalue weighted by atomic mass is 10.2. The van der Waals surface area contributed by atoms with Crippen molar-refractivity contribution in [3.63, 3.8) is 0 Å². The highest BCUT2D eigenvalue weighted by atomic mass is 19.1. The van der Waals surface area contributed by atoms with Gasteiger partial charge in [-0.2, -0.15) is 0 Å². The summed E-state index contributed by atoms with van der Waals surface area (Å²) in [5, 5.41) is 10.6. The topological polar surface area (TPSA) is 71.5 Å². The van der Waals surface area contributed by atoms with Gasteiger partial charge in [0.15, 0.2) is 0 Å². The summed E-state index contributed by atoms with van der Waals surface area (Å²) in [5.74, 6) is 0.286. The van der Waals surface area contributed by atoms with E-state index in [9.17, 15) is 9.18 Å². The fourth-order valence-corrected chi connectivity index (χ4v) is 1.02. The lowest BCUT2D eigenvalue weighted by Crippen LogP contribution is -2.20. The summed E-state index contributed by atoms with van der Waals surface area (Å²) in [6, 6.07) is 3.22. The predicted molar refractivity (Wildman–Crippen MR) is 55.2 cm³/mol. The molecule has 0 aliphatic rings. The zero-order chi connectivity index (χ0) is 12.0. The summed E-state index contributed by atoms with van der Waals surface area (Å²) >= 11 is 0. The van der Waals surface area contributed by atoms with Crippen molar-refractivity contribution in [3.05, 3.63) is 23.9 Å². The van der Waals surface area contributed by atoms with Crippen molar-refractivity contribution in [3.8, 4) is 5.88 Å². The number of nitrogens with one attached hydrogen (secondary N) is 1. The molecule has 2 N–H and O–H groups in total. The summed E-state index contributed by atoms with van der Waals surface area (Å²) in [7, 11) is 0. The van der Waals surface area contributed by atoms with E-state index in [-0.39, 0.29) is 19.0 Å². The molecule has 1 rings (SSSR count). The number of aromatic nitrogens is 1. The molecule has 0 saturated heterocycles. The minimum atomic E-state index is -1.10. The van der Waals surface area contributed by atoms with Crippen molar-refractivity contribution >= 4 is 6.09 Å². The third-order valence-electron chi connectivity index (χ3n) is 1.70. The van der Waals surface area contributed by atoms with Gasteiger partial charge < -0.3 is 15.2 Å². The van der Waals surface area contributed by atoms with Crippen LogP contribution in [0, 0.1) is 0 Å². The molecule has 0 fully saturated rings. The zero-order valence-corrected chi connectivity index (χ0v) is 8.81. The number of carbonyl (C=O) groups is 1. The molecule has 16 heavy (non-hydrogen) atoms. The van der Waals surface area contributed by atoms with Crippen LogP contribution < -0.4 is 10.1 Å². The van der Waals surface area contributed by atoms with Crippen molar-refractivity contribution in [1.82, 2.24) is 10.3 Å². The standard InChI is InChI=1S/C10H13FN2O3/c1-7(11)6-16-9-4-8(2-3-12-9)5-13-10(14)15/h2-4,7,13H,5-6H2,1H3,(H,14,15)/t7-/m1/s1. The Kier molecular flexibility index (Phi) is 4.50. The van der Waals surface area contributed by atoms with Gasteiger partial charge in [0.1, 0.15) is 12.8 Å². The van der Waals surface area contributed by atoms with E-state index in [1.807, 2.05) is 0 Å². The molecule has 1 heterocycles. The maximum Gasteiger partial charge on any atom is 0.404 e. The van der Waals surface area contributed by atoms with E-state index in [1.54, 1.807) is 12.1 Å². The second-order valence-electron chi connectivity index (χ2n) is 3.25. The number of ether oxygens (including phenoxy) is 1. The van der Waals surface area contributed by atoms with Crippen LogP contribution in [0.25, 0.3) is 0 Å². The largest absolute Gasteiger partial charge is 0.475 e. The molecule has 0 aliphatic carbocycles. The molecule has 0 unspecified atom stereocenters. The maximum absolute atomic E-state index is 12.5. The number of hydrogen-bond acceptors (Lipinski definition) is 3. The Balaban J connectivity index is 2.53. The smallest absolute Gasteiger partial charge is 0.404 e. The van der Waals surface area contributed by atoms with Gasteiger partial charge in [-0.3, -0.25) is 0 Å². The van der Waals surface area contributed by atoms with E-state index in [0.717, 1.165) is 0 Å². The maximum atomic E-state index is 12.5. The van der Waals surface area contributed by atoms with Gasteiger partial charge in [-0.15, -0.1) is 0 Å². The summed E-state index contributed by atoms with van der Waals surface area (Å²) < 4.78 is 17.6. The summed E-state index contributed by atoms with van der Waals surface area (Å²) in [4.78, 5) is 14.1. The van der Waals surface area contributed by atoms with Crippen molar-refractivity contribution in [2.24, 2.45) is 0 Å². The number of pyridine rings is 1. The predicted octanol–water partition coefficient (Wildman–Crippen LogP) is 1.59. The number of carboxylic acid groups (broad SMARTS) is 1. The Hall–Kier alpha value is -1.85. The summed E-state index contributed by atoms with van der Waals surface area (Å²) in [6.45, 7) is 1.48. The monoisotopic (exact) mass is 228 g/mol. The Labute approximate surface area is 92.3 Å². The van der Waals surface area contributed by atoms with E-state index < -0.39 is 12.3 Å². The Morgan fingerprint density at radius 1 is 1.75 bits per heavy atom. The van der Waals surface area contributed by atoms with Crippen LogP contribution in [0.5, 0.6) is 5.88 Å². The van der Waals surface area contributed by atoms with Gasteiger partial charge in [0.05, 0.1) is 0 Å². The van der Waals surface area contributed by atoms with Gasteiger partial charge in [0.25, 0.3) is 0 Å². The van der Waals surface area contributed by atoms with Crippen LogP contribution in [-0.2, 0) is 6.54 Å². The lowest BCUT2D eigenvalue weighted by Gasteiger charge is -2.07. The molecular weight excluding hydrogens is 215 g/mol. The molecule has 0 saturated carbocycles. The molecule has 1 aromatic heterocycles. The van der Waals surface area contributed by atoms with E-state index in [0.29, 0.717) is 5.56 Å². The van der Waals surface area contributed by atoms with E-state index in [4.69, 9.17) is 9.84 Å². The minimum Gasteiger partial charge on any atom is -0.475 e. The molecule has 88 valence electrons. The van der Waals surface area contributed by atoms with Crippen LogP contribution in [0.2, 0.25) is 0 Å². The second kappa shape index (κ2) is 5.89. The highest BCUT2D eigenvalue weighted by Gasteiger charge is 2.03. The minimum absolute atomic E-state index is 0.0667. The molecule has 1 aromatic rings. The molecule has 5 nitrogen and oxygen atoms in total. The molecule has 6 heteroatoms. The van der Waals surface area contributed by atoms with Crippen LogP contribution >= 0.6 is 0 Å². The van der Waals surface area contributed by atoms with Gasteiger partial charge >= 0.3 is 6.09 Å². The Morgan fingerprint density at radius 3 is 3.12 bits per heavy atom. The quantitative estimate of drug-likeness (QED) is 0.802. The second-order valence-corrected chi connectivity index (χ2v) is 3.25. The first-order valence-electron chi connectivity index (χ1n) is 4.76. The molecule has 0 spiro atoms. The molecule has 0 aliphatic heterocycles. The van der Waals surface area contributed by atoms with Crippen LogP contribution in [0.4, 0.5) is 9.18 Å². The fraction of sp³-hybridized carbons (Fsp3) is 0.400. The van der Waals surface area contributed by atoms with Crippen LogP contribution in [0.3, 0.4) is 0 Å². The van der Waals surface area contributed by atoms with Crippen molar-refractivity contribution in [2.45, 2.75) is 19.6 Å². The molecule has 0 aromatic carbocycles. The average Bonchev–Trinajstić information content (AvgIpc) is 2.24. The molecule has 1 amide bonds. The van der Waals surface area contributed by atoms with E-state index in [2.05, 4.69) is 10.3 Å². The highest BCUT2D eigenvalue weighted by molar-refractivity contribution is 5.64. The normalized spacial score (nSPS) is 11.9. The van der Waals surface area contributed by atoms with Crippen LogP contribution in [0.1, 0.15) is 12.5 Å². The fourth-order valence-electron chi connectivity index (χ4n) is 1.02. The van der Waals surface area contributed by atoms with Gasteiger partial charge in [0, 0.05) is 18.8 Å². The number of rotatable bonds is 5. The number of nitrogens with zero attached hydrogens (tertiary/aromatic N) is 1. The van der Waals surface area contributed by atoms with Gasteiger partial charge in [-0.05, 0) is 18.6 Å². The van der Waals surface area contributed by atoms with Crippen LogP contribution in [-0.4, -0.2) is 29.0 Å². The van der Waals surface area contributed by atoms with Gasteiger partial charge in [0.2, 0.25) is 5.88 Å². The Morgan fingerprint density at radius 2 is 2.50 bits per heavy atom. The SMILES string of the molecule is C[C@@H](F)COc1cc(CNC(=O)O)ccn1. The number of halogens is 1. The van der Waals surface area contributed by atoms with Gasteiger partial charge in [-0.25, -0.2) is 14.2 Å². The molecule has 0 radical (unpaired) electrons. The number of amides is 1. The molecular formula is C10H13FN2O3. The van der Waals surface area contributed by atoms with Gasteiger partial charge in [-0.1, -0.05) is 0 Å². The first kappa shape index (κ1) is 12.2. The number of alkyl halides is 1. The average molecular weight is 228 g/mol. The van der Waals surface area contributed by atoms with Crippen molar-refractivity contribution in [1.29, 1.82) is 0 Å². The van der Waals surface area contributed by atoms with Crippen molar-refractivity contribution < 1.29 is 19.0 Å². The Bertz CT molecular complexity index is 358. The van der Waals surface area contributed by atoms with E-state index >= 15 is 0 Å². The first-order chi connectivity index (χ1) is 7.58. The first-order valence-corrected chi connectivity index (χ1v) is 4.76. The summed E-state index contributed by atoms with van der Waals surface area (Å²) in [6.07, 6.45) is -0.684. The molecule has 0 bridgehead atoms. The summed E-state index contributed by atoms with van der Waals surface area (Å²) in [5.41, 5.74) is 0.707. The highest BCUT2D eigenvalue weighted by Crippen LogP contribution is 2.09. The van der Waals surface area contributed by atoms with Crippen molar-refractivity contribution in [2.75, 3.05) is 6.61 Å². The lowest BCUT2D eigenvalue weighted by molar-refractivity contribution is 0.193. The third-order valence-corrected chi connectivity index (χ3v) is 1.70. The zero-order valence-electron chi connectivity index (χ0n) is 8.81. The number of hydrogen-bond donors (Lipinski definition) is 2. The molecule has 1 atom stereocenters. The third kappa shape index (κ3) is 4.59.